The maximum absolute atomic E-state index is 13.1. The molecule has 136 valence electrons. The summed E-state index contributed by atoms with van der Waals surface area (Å²) in [6, 6.07) is 13.2. The first-order valence-electron chi connectivity index (χ1n) is 8.26. The van der Waals surface area contributed by atoms with Crippen molar-refractivity contribution in [3.8, 4) is 5.75 Å². The number of aromatic nitrogens is 1. The third kappa shape index (κ3) is 3.79. The molecule has 0 aliphatic heterocycles. The molecular weight excluding hydrogens is 337 g/mol. The zero-order valence-corrected chi connectivity index (χ0v) is 14.9. The molecular formula is C20H20FNO4. The Balaban J connectivity index is 1.97. The van der Waals surface area contributed by atoms with Gasteiger partial charge in [-0.2, -0.15) is 4.73 Å². The Labute approximate surface area is 150 Å². The van der Waals surface area contributed by atoms with Crippen molar-refractivity contribution in [3.05, 3.63) is 65.6 Å². The fourth-order valence-electron chi connectivity index (χ4n) is 2.61. The summed E-state index contributed by atoms with van der Waals surface area (Å²) in [6.07, 6.45) is 0.0241. The van der Waals surface area contributed by atoms with Gasteiger partial charge in [0.15, 0.2) is 5.69 Å². The molecule has 5 nitrogen and oxygen atoms in total. The van der Waals surface area contributed by atoms with E-state index in [4.69, 9.17) is 14.3 Å². The summed E-state index contributed by atoms with van der Waals surface area (Å²) >= 11 is 0. The standard InChI is InChI=1S/C20H20FNO4/c1-13(2)26-17-9-6-15-10-19(20(23)24-3)22(18(15)11-17)25-12-14-4-7-16(21)8-5-14/h4-11,13H,12H2,1-3H3. The number of carbonyl (C=O) groups excluding carboxylic acids is 1. The van der Waals surface area contributed by atoms with Crippen LogP contribution in [0.15, 0.2) is 48.5 Å². The minimum Gasteiger partial charge on any atom is -0.491 e. The van der Waals surface area contributed by atoms with Gasteiger partial charge in [0, 0.05) is 11.5 Å². The topological polar surface area (TPSA) is 49.7 Å². The van der Waals surface area contributed by atoms with E-state index >= 15 is 0 Å². The molecule has 0 aliphatic carbocycles. The highest BCUT2D eigenvalue weighted by Gasteiger charge is 2.18. The van der Waals surface area contributed by atoms with Gasteiger partial charge in [0.05, 0.1) is 18.7 Å². The van der Waals surface area contributed by atoms with Gasteiger partial charge in [-0.25, -0.2) is 9.18 Å². The molecule has 3 aromatic rings. The van der Waals surface area contributed by atoms with Gasteiger partial charge in [-0.1, -0.05) is 12.1 Å². The molecule has 0 unspecified atom stereocenters. The summed E-state index contributed by atoms with van der Waals surface area (Å²) in [5.41, 5.74) is 1.73. The van der Waals surface area contributed by atoms with Crippen LogP contribution in [0, 0.1) is 5.82 Å². The van der Waals surface area contributed by atoms with Gasteiger partial charge < -0.3 is 14.3 Å². The van der Waals surface area contributed by atoms with Crippen LogP contribution in [-0.4, -0.2) is 23.9 Å². The zero-order chi connectivity index (χ0) is 18.7. The molecule has 26 heavy (non-hydrogen) atoms. The van der Waals surface area contributed by atoms with Gasteiger partial charge in [-0.3, -0.25) is 0 Å². The third-order valence-corrected chi connectivity index (χ3v) is 3.77. The van der Waals surface area contributed by atoms with E-state index in [1.54, 1.807) is 18.2 Å². The van der Waals surface area contributed by atoms with Crippen molar-refractivity contribution in [2.24, 2.45) is 0 Å². The second kappa shape index (κ2) is 7.47. The van der Waals surface area contributed by atoms with Crippen LogP contribution >= 0.6 is 0 Å². The molecule has 0 saturated heterocycles. The van der Waals surface area contributed by atoms with E-state index < -0.39 is 5.97 Å². The van der Waals surface area contributed by atoms with Crippen molar-refractivity contribution in [1.82, 2.24) is 4.73 Å². The lowest BCUT2D eigenvalue weighted by molar-refractivity contribution is 0.0503. The number of ether oxygens (including phenoxy) is 2. The molecule has 0 aliphatic rings. The average Bonchev–Trinajstić information content (AvgIpc) is 2.98. The molecule has 1 heterocycles. The summed E-state index contributed by atoms with van der Waals surface area (Å²) < 4.78 is 25.1. The molecule has 0 amide bonds. The fourth-order valence-corrected chi connectivity index (χ4v) is 2.61. The first-order chi connectivity index (χ1) is 12.5. The highest BCUT2D eigenvalue weighted by Crippen LogP contribution is 2.25. The predicted molar refractivity (Wildman–Crippen MR) is 95.7 cm³/mol. The number of halogens is 1. The van der Waals surface area contributed by atoms with Crippen molar-refractivity contribution in [2.45, 2.75) is 26.6 Å². The Bertz CT molecular complexity index is 915. The van der Waals surface area contributed by atoms with Crippen molar-refractivity contribution in [3.63, 3.8) is 0 Å². The van der Waals surface area contributed by atoms with Gasteiger partial charge in [-0.15, -0.1) is 0 Å². The number of carbonyl (C=O) groups is 1. The SMILES string of the molecule is COC(=O)c1cc2ccc(OC(C)C)cc2n1OCc1ccc(F)cc1. The second-order valence-electron chi connectivity index (χ2n) is 6.10. The Hall–Kier alpha value is -3.02. The Morgan fingerprint density at radius 1 is 1.12 bits per heavy atom. The normalized spacial score (nSPS) is 11.0. The zero-order valence-electron chi connectivity index (χ0n) is 14.9. The van der Waals surface area contributed by atoms with Crippen LogP contribution in [0.1, 0.15) is 29.9 Å². The highest BCUT2D eigenvalue weighted by atomic mass is 19.1. The molecule has 1 aromatic heterocycles. The van der Waals surface area contributed by atoms with Gasteiger partial charge in [0.2, 0.25) is 0 Å². The molecule has 0 radical (unpaired) electrons. The predicted octanol–water partition coefficient (Wildman–Crippen LogP) is 3.98. The van der Waals surface area contributed by atoms with Crippen LogP contribution in [0.25, 0.3) is 10.9 Å². The number of esters is 1. The van der Waals surface area contributed by atoms with E-state index in [0.717, 1.165) is 10.9 Å². The largest absolute Gasteiger partial charge is 0.491 e. The Morgan fingerprint density at radius 3 is 2.50 bits per heavy atom. The number of hydrogen-bond acceptors (Lipinski definition) is 4. The molecule has 0 fully saturated rings. The quantitative estimate of drug-likeness (QED) is 0.626. The van der Waals surface area contributed by atoms with Crippen LogP contribution in [0.4, 0.5) is 4.39 Å². The molecule has 0 spiro atoms. The highest BCUT2D eigenvalue weighted by molar-refractivity contribution is 5.95. The van der Waals surface area contributed by atoms with Gasteiger partial charge in [0.1, 0.15) is 18.2 Å². The number of benzene rings is 2. The number of fused-ring (bicyclic) bond motifs is 1. The number of hydrogen-bond donors (Lipinski definition) is 0. The van der Waals surface area contributed by atoms with E-state index in [-0.39, 0.29) is 24.2 Å². The lowest BCUT2D eigenvalue weighted by Gasteiger charge is -2.13. The molecule has 3 rings (SSSR count). The van der Waals surface area contributed by atoms with Crippen molar-refractivity contribution in [1.29, 1.82) is 0 Å². The summed E-state index contributed by atoms with van der Waals surface area (Å²) in [5, 5.41) is 0.820. The van der Waals surface area contributed by atoms with Gasteiger partial charge >= 0.3 is 5.97 Å². The molecule has 0 atom stereocenters. The fraction of sp³-hybridized carbons (Fsp3) is 0.250. The first-order valence-corrected chi connectivity index (χ1v) is 8.26. The Morgan fingerprint density at radius 2 is 1.85 bits per heavy atom. The smallest absolute Gasteiger partial charge is 0.358 e. The summed E-state index contributed by atoms with van der Waals surface area (Å²) in [6.45, 7) is 4.05. The third-order valence-electron chi connectivity index (χ3n) is 3.77. The first kappa shape index (κ1) is 17.8. The van der Waals surface area contributed by atoms with Crippen LogP contribution < -0.4 is 9.57 Å². The lowest BCUT2D eigenvalue weighted by atomic mass is 10.2. The van der Waals surface area contributed by atoms with Crippen LogP contribution in [0.5, 0.6) is 5.75 Å². The summed E-state index contributed by atoms with van der Waals surface area (Å²) in [5.74, 6) is -0.147. The van der Waals surface area contributed by atoms with Crippen molar-refractivity contribution in [2.75, 3.05) is 7.11 Å². The molecule has 0 N–H and O–H groups in total. The number of nitrogens with zero attached hydrogens (tertiary/aromatic N) is 1. The van der Waals surface area contributed by atoms with E-state index in [9.17, 15) is 9.18 Å². The second-order valence-corrected chi connectivity index (χ2v) is 6.10. The minimum absolute atomic E-state index is 0.0241. The van der Waals surface area contributed by atoms with E-state index in [2.05, 4.69) is 0 Å². The number of rotatable bonds is 6. The van der Waals surface area contributed by atoms with Crippen LogP contribution in [0.3, 0.4) is 0 Å². The maximum Gasteiger partial charge on any atom is 0.358 e. The van der Waals surface area contributed by atoms with Gasteiger partial charge in [0.25, 0.3) is 0 Å². The van der Waals surface area contributed by atoms with E-state index in [1.165, 1.54) is 24.0 Å². The molecule has 0 bridgehead atoms. The van der Waals surface area contributed by atoms with E-state index in [0.29, 0.717) is 11.3 Å². The number of methoxy groups -OCH3 is 1. The minimum atomic E-state index is -0.508. The monoisotopic (exact) mass is 357 g/mol. The van der Waals surface area contributed by atoms with Gasteiger partial charge in [-0.05, 0) is 49.7 Å². The van der Waals surface area contributed by atoms with Crippen LogP contribution in [0.2, 0.25) is 0 Å². The Kier molecular flexibility index (Phi) is 5.11. The molecule has 0 saturated carbocycles. The van der Waals surface area contributed by atoms with Crippen molar-refractivity contribution >= 4 is 16.9 Å². The van der Waals surface area contributed by atoms with E-state index in [1.807, 2.05) is 32.0 Å². The molecule has 2 aromatic carbocycles. The summed E-state index contributed by atoms with van der Waals surface area (Å²) in [4.78, 5) is 18.0. The molecule has 6 heteroatoms. The van der Waals surface area contributed by atoms with Crippen LogP contribution in [-0.2, 0) is 11.3 Å². The summed E-state index contributed by atoms with van der Waals surface area (Å²) in [7, 11) is 1.32. The average molecular weight is 357 g/mol. The maximum atomic E-state index is 13.1. The lowest BCUT2D eigenvalue weighted by Crippen LogP contribution is -2.18. The van der Waals surface area contributed by atoms with Crippen molar-refractivity contribution < 1.29 is 23.5 Å².